The quantitative estimate of drug-likeness (QED) is 0.201. The minimum Gasteiger partial charge on any atom is -0.385 e. The van der Waals surface area contributed by atoms with E-state index in [4.69, 9.17) is 14.5 Å². The average Bonchev–Trinajstić information content (AvgIpc) is 3.01. The van der Waals surface area contributed by atoms with Crippen molar-refractivity contribution in [1.29, 1.82) is 0 Å². The van der Waals surface area contributed by atoms with Crippen LogP contribution in [0.4, 0.5) is 0 Å². The van der Waals surface area contributed by atoms with Crippen LogP contribution in [0.15, 0.2) is 4.99 Å². The van der Waals surface area contributed by atoms with Gasteiger partial charge >= 0.3 is 0 Å². The van der Waals surface area contributed by atoms with Gasteiger partial charge < -0.3 is 24.7 Å². The van der Waals surface area contributed by atoms with E-state index in [2.05, 4.69) is 41.6 Å². The molecule has 2 unspecified atom stereocenters. The summed E-state index contributed by atoms with van der Waals surface area (Å²) >= 11 is 0. The Morgan fingerprint density at radius 3 is 2.55 bits per heavy atom. The van der Waals surface area contributed by atoms with Gasteiger partial charge in [0.05, 0.1) is 6.10 Å². The van der Waals surface area contributed by atoms with Crippen molar-refractivity contribution in [2.75, 3.05) is 26.9 Å². The second-order valence-electron chi connectivity index (χ2n) is 7.48. The van der Waals surface area contributed by atoms with Crippen LogP contribution in [0.25, 0.3) is 0 Å². The third kappa shape index (κ3) is 6.27. The van der Waals surface area contributed by atoms with Crippen molar-refractivity contribution in [2.24, 2.45) is 17.5 Å². The summed E-state index contributed by atoms with van der Waals surface area (Å²) in [6.45, 7) is 11.3. The van der Waals surface area contributed by atoms with E-state index in [-0.39, 0.29) is 29.4 Å². The maximum absolute atomic E-state index is 6.01. The Hall–Kier alpha value is -0.940. The topological polar surface area (TPSA) is 85.6 Å². The lowest BCUT2D eigenvalue weighted by Crippen LogP contribution is -2.65. The van der Waals surface area contributed by atoms with E-state index in [1.165, 1.54) is 0 Å². The first-order valence-electron chi connectivity index (χ1n) is 10.5. The highest BCUT2D eigenvalue weighted by Crippen LogP contribution is 2.48. The first kappa shape index (κ1) is 26.1. The molecule has 0 aliphatic heterocycles. The van der Waals surface area contributed by atoms with E-state index in [1.54, 1.807) is 7.11 Å². The fourth-order valence-electron chi connectivity index (χ4n) is 4.06. The Balaban J connectivity index is 0.00000420. The lowest BCUT2D eigenvalue weighted by Gasteiger charge is -2.55. The molecule has 1 saturated carbocycles. The molecule has 2 N–H and O–H groups in total. The third-order valence-corrected chi connectivity index (χ3v) is 6.16. The van der Waals surface area contributed by atoms with Gasteiger partial charge in [0.2, 0.25) is 0 Å². The Morgan fingerprint density at radius 2 is 2.00 bits per heavy atom. The summed E-state index contributed by atoms with van der Waals surface area (Å²) < 4.78 is 13.1. The Kier molecular flexibility index (Phi) is 11.4. The van der Waals surface area contributed by atoms with E-state index < -0.39 is 0 Å². The lowest BCUT2D eigenvalue weighted by molar-refractivity contribution is -0.133. The number of hydrogen-bond donors (Lipinski definition) is 2. The normalized spacial score (nSPS) is 20.7. The van der Waals surface area contributed by atoms with Crippen LogP contribution in [-0.2, 0) is 23.1 Å². The molecule has 29 heavy (non-hydrogen) atoms. The van der Waals surface area contributed by atoms with Crippen LogP contribution in [0.5, 0.6) is 0 Å². The van der Waals surface area contributed by atoms with Crippen LogP contribution in [-0.4, -0.2) is 59.7 Å². The van der Waals surface area contributed by atoms with Gasteiger partial charge in [-0.05, 0) is 39.5 Å². The summed E-state index contributed by atoms with van der Waals surface area (Å²) in [5.41, 5.74) is 0.159. The fourth-order valence-corrected chi connectivity index (χ4v) is 4.06. The van der Waals surface area contributed by atoms with Crippen molar-refractivity contribution in [1.82, 2.24) is 25.4 Å². The van der Waals surface area contributed by atoms with Crippen LogP contribution < -0.4 is 10.6 Å². The zero-order chi connectivity index (χ0) is 20.6. The van der Waals surface area contributed by atoms with Gasteiger partial charge in [0.1, 0.15) is 12.4 Å². The van der Waals surface area contributed by atoms with Crippen molar-refractivity contribution in [3.05, 3.63) is 11.6 Å². The summed E-state index contributed by atoms with van der Waals surface area (Å²) in [6.07, 6.45) is 4.44. The van der Waals surface area contributed by atoms with E-state index in [0.29, 0.717) is 18.7 Å². The van der Waals surface area contributed by atoms with E-state index in [9.17, 15) is 0 Å². The Labute approximate surface area is 192 Å². The predicted octanol–water partition coefficient (Wildman–Crippen LogP) is 2.80. The maximum atomic E-state index is 6.01. The van der Waals surface area contributed by atoms with Gasteiger partial charge in [-0.2, -0.15) is 0 Å². The molecule has 1 aromatic rings. The monoisotopic (exact) mass is 522 g/mol. The number of guanidine groups is 1. The zero-order valence-electron chi connectivity index (χ0n) is 18.8. The molecule has 0 radical (unpaired) electrons. The molecule has 1 fully saturated rings. The fraction of sp³-hybridized carbons (Fsp3) is 0.850. The van der Waals surface area contributed by atoms with Crippen LogP contribution in [0.1, 0.15) is 58.1 Å². The SMILES string of the molecule is CCOC1CC(NC(=NCc2nnc(C)n2C)NCCCOC)C1(CC)CC.I. The van der Waals surface area contributed by atoms with Crippen molar-refractivity contribution in [3.8, 4) is 0 Å². The van der Waals surface area contributed by atoms with E-state index in [1.807, 2.05) is 18.5 Å². The molecule has 0 saturated heterocycles. The first-order chi connectivity index (χ1) is 13.5. The van der Waals surface area contributed by atoms with Gasteiger partial charge in [-0.1, -0.05) is 13.8 Å². The molecule has 1 aliphatic carbocycles. The molecule has 1 heterocycles. The lowest BCUT2D eigenvalue weighted by atomic mass is 9.58. The molecule has 9 heteroatoms. The molecule has 2 atom stereocenters. The van der Waals surface area contributed by atoms with Gasteiger partial charge in [-0.25, -0.2) is 4.99 Å². The number of hydrogen-bond acceptors (Lipinski definition) is 5. The van der Waals surface area contributed by atoms with E-state index >= 15 is 0 Å². The smallest absolute Gasteiger partial charge is 0.191 e. The van der Waals surface area contributed by atoms with Crippen molar-refractivity contribution >= 4 is 29.9 Å². The number of ether oxygens (including phenoxy) is 2. The number of methoxy groups -OCH3 is 1. The molecule has 168 valence electrons. The summed E-state index contributed by atoms with van der Waals surface area (Å²) in [7, 11) is 3.69. The molecule has 0 aromatic carbocycles. The predicted molar refractivity (Wildman–Crippen MR) is 127 cm³/mol. The number of nitrogens with one attached hydrogen (secondary N) is 2. The molecule has 1 aliphatic rings. The largest absolute Gasteiger partial charge is 0.385 e. The maximum Gasteiger partial charge on any atom is 0.191 e. The van der Waals surface area contributed by atoms with Crippen molar-refractivity contribution in [3.63, 3.8) is 0 Å². The summed E-state index contributed by atoms with van der Waals surface area (Å²) in [5, 5.41) is 15.4. The summed E-state index contributed by atoms with van der Waals surface area (Å²) in [6, 6.07) is 0.356. The number of aliphatic imine (C=N–C) groups is 1. The molecule has 1 aromatic heterocycles. The third-order valence-electron chi connectivity index (χ3n) is 6.16. The average molecular weight is 522 g/mol. The minimum atomic E-state index is 0. The Morgan fingerprint density at radius 1 is 1.28 bits per heavy atom. The minimum absolute atomic E-state index is 0. The molecule has 8 nitrogen and oxygen atoms in total. The van der Waals surface area contributed by atoms with Crippen LogP contribution in [0, 0.1) is 12.3 Å². The van der Waals surface area contributed by atoms with Gasteiger partial charge in [-0.15, -0.1) is 34.2 Å². The summed E-state index contributed by atoms with van der Waals surface area (Å²) in [5.74, 6) is 2.57. The van der Waals surface area contributed by atoms with Gasteiger partial charge in [-0.3, -0.25) is 0 Å². The number of aromatic nitrogens is 3. The number of aryl methyl sites for hydroxylation is 1. The number of nitrogens with zero attached hydrogens (tertiary/aromatic N) is 4. The molecular formula is C20H39IN6O2. The number of rotatable bonds is 11. The highest BCUT2D eigenvalue weighted by atomic mass is 127. The second kappa shape index (κ2) is 12.7. The highest BCUT2D eigenvalue weighted by Gasteiger charge is 2.53. The van der Waals surface area contributed by atoms with Crippen LogP contribution in [0.2, 0.25) is 0 Å². The molecule has 0 spiro atoms. The molecule has 0 amide bonds. The highest BCUT2D eigenvalue weighted by molar-refractivity contribution is 14.0. The molecule has 0 bridgehead atoms. The molecular weight excluding hydrogens is 483 g/mol. The van der Waals surface area contributed by atoms with Crippen molar-refractivity contribution in [2.45, 2.75) is 72.1 Å². The number of halogens is 1. The van der Waals surface area contributed by atoms with Crippen molar-refractivity contribution < 1.29 is 9.47 Å². The zero-order valence-corrected chi connectivity index (χ0v) is 21.2. The molecule has 2 rings (SSSR count). The first-order valence-corrected chi connectivity index (χ1v) is 10.5. The van der Waals surface area contributed by atoms with Crippen LogP contribution in [0.3, 0.4) is 0 Å². The van der Waals surface area contributed by atoms with Gasteiger partial charge in [0.25, 0.3) is 0 Å². The van der Waals surface area contributed by atoms with Crippen LogP contribution >= 0.6 is 24.0 Å². The standard InChI is InChI=1S/C20H38N6O2.HI/c1-7-20(8-2)16(13-17(20)28-9-3)23-19(21-11-10-12-27-6)22-14-18-25-24-15(4)26(18)5;/h16-17H,7-14H2,1-6H3,(H2,21,22,23);1H. The van der Waals surface area contributed by atoms with Gasteiger partial charge in [0.15, 0.2) is 11.8 Å². The summed E-state index contributed by atoms with van der Waals surface area (Å²) in [4.78, 5) is 4.78. The Bertz CT molecular complexity index is 632. The second-order valence-corrected chi connectivity index (χ2v) is 7.48. The van der Waals surface area contributed by atoms with Gasteiger partial charge in [0, 0.05) is 45.4 Å². The van der Waals surface area contributed by atoms with E-state index in [0.717, 1.165) is 63.1 Å².